The molecule has 0 unspecified atom stereocenters. The Labute approximate surface area is 56.5 Å². The van der Waals surface area contributed by atoms with Gasteiger partial charge in [-0.05, 0) is 27.2 Å². The molecule has 0 amide bonds. The summed E-state index contributed by atoms with van der Waals surface area (Å²) in [6.45, 7) is 6.37. The first-order valence-corrected chi connectivity index (χ1v) is 3.30. The van der Waals surface area contributed by atoms with Crippen molar-refractivity contribution in [2.75, 3.05) is 0 Å². The topological polar surface area (TPSA) is 12.0 Å². The molecule has 0 bridgehead atoms. The van der Waals surface area contributed by atoms with E-state index in [2.05, 4.69) is 32.2 Å². The zero-order valence-electron chi connectivity index (χ0n) is 6.28. The Bertz CT molecular complexity index is 175. The van der Waals surface area contributed by atoms with Crippen molar-refractivity contribution in [2.45, 2.75) is 27.2 Å². The summed E-state index contributed by atoms with van der Waals surface area (Å²) in [5, 5.41) is 3.27. The molecule has 0 aromatic carbocycles. The van der Waals surface area contributed by atoms with Crippen LogP contribution in [-0.2, 0) is 0 Å². The minimum atomic E-state index is 1.12. The van der Waals surface area contributed by atoms with Crippen LogP contribution in [0.1, 0.15) is 27.2 Å². The lowest BCUT2D eigenvalue weighted by molar-refractivity contribution is 0.879. The smallest absolute Gasteiger partial charge is 0.0109 e. The molecule has 1 aliphatic heterocycles. The van der Waals surface area contributed by atoms with E-state index >= 15 is 0 Å². The highest BCUT2D eigenvalue weighted by Crippen LogP contribution is 2.13. The van der Waals surface area contributed by atoms with Crippen molar-refractivity contribution >= 4 is 0 Å². The van der Waals surface area contributed by atoms with E-state index in [1.54, 1.807) is 0 Å². The second kappa shape index (κ2) is 2.26. The van der Waals surface area contributed by atoms with Crippen LogP contribution in [0, 0.1) is 0 Å². The van der Waals surface area contributed by atoms with Gasteiger partial charge in [-0.15, -0.1) is 0 Å². The van der Waals surface area contributed by atoms with Crippen LogP contribution in [-0.4, -0.2) is 0 Å². The highest BCUT2D eigenvalue weighted by molar-refractivity contribution is 5.22. The van der Waals surface area contributed by atoms with Gasteiger partial charge in [-0.2, -0.15) is 0 Å². The molecule has 0 radical (unpaired) electrons. The van der Waals surface area contributed by atoms with Gasteiger partial charge in [-0.25, -0.2) is 0 Å². The van der Waals surface area contributed by atoms with Crippen LogP contribution in [0.4, 0.5) is 0 Å². The summed E-state index contributed by atoms with van der Waals surface area (Å²) in [4.78, 5) is 0. The summed E-state index contributed by atoms with van der Waals surface area (Å²) in [6.07, 6.45) is 3.33. The van der Waals surface area contributed by atoms with Crippen molar-refractivity contribution in [1.82, 2.24) is 5.32 Å². The largest absolute Gasteiger partial charge is 0.363 e. The Hall–Kier alpha value is -0.720. The molecule has 0 spiro atoms. The van der Waals surface area contributed by atoms with Crippen LogP contribution in [0.15, 0.2) is 23.0 Å². The Morgan fingerprint density at radius 1 is 1.33 bits per heavy atom. The number of hydrogen-bond acceptors (Lipinski definition) is 1. The third-order valence-electron chi connectivity index (χ3n) is 1.74. The van der Waals surface area contributed by atoms with Gasteiger partial charge in [0.15, 0.2) is 0 Å². The molecule has 50 valence electrons. The number of rotatable bonds is 0. The molecule has 1 rings (SSSR count). The molecule has 0 atom stereocenters. The minimum absolute atomic E-state index is 1.12. The van der Waals surface area contributed by atoms with Crippen LogP contribution in [0.25, 0.3) is 0 Å². The lowest BCUT2D eigenvalue weighted by atomic mass is 10.1. The fourth-order valence-electron chi connectivity index (χ4n) is 0.913. The first-order valence-electron chi connectivity index (χ1n) is 3.30. The van der Waals surface area contributed by atoms with E-state index < -0.39 is 0 Å². The number of nitrogens with one attached hydrogen (secondary N) is 1. The monoisotopic (exact) mass is 123 g/mol. The number of allylic oxidation sites excluding steroid dienone is 4. The number of hydrogen-bond donors (Lipinski definition) is 1. The van der Waals surface area contributed by atoms with Gasteiger partial charge in [0.1, 0.15) is 0 Å². The van der Waals surface area contributed by atoms with Crippen LogP contribution in [0.5, 0.6) is 0 Å². The van der Waals surface area contributed by atoms with Crippen molar-refractivity contribution in [2.24, 2.45) is 0 Å². The minimum Gasteiger partial charge on any atom is -0.363 e. The Morgan fingerprint density at radius 2 is 2.00 bits per heavy atom. The fourth-order valence-corrected chi connectivity index (χ4v) is 0.913. The van der Waals surface area contributed by atoms with Crippen LogP contribution in [0.3, 0.4) is 0 Å². The van der Waals surface area contributed by atoms with Crippen molar-refractivity contribution in [3.63, 3.8) is 0 Å². The van der Waals surface area contributed by atoms with Gasteiger partial charge in [0.05, 0.1) is 0 Å². The van der Waals surface area contributed by atoms with E-state index in [4.69, 9.17) is 0 Å². The molecule has 1 heteroatoms. The SMILES string of the molecule is CC1=CCC(C)=C(C)N1. The zero-order valence-corrected chi connectivity index (χ0v) is 6.28. The Morgan fingerprint density at radius 3 is 2.44 bits per heavy atom. The van der Waals surface area contributed by atoms with Gasteiger partial charge < -0.3 is 5.32 Å². The first kappa shape index (κ1) is 6.40. The van der Waals surface area contributed by atoms with Gasteiger partial charge in [0.25, 0.3) is 0 Å². The van der Waals surface area contributed by atoms with E-state index in [-0.39, 0.29) is 0 Å². The van der Waals surface area contributed by atoms with Gasteiger partial charge in [-0.3, -0.25) is 0 Å². The molecule has 0 fully saturated rings. The van der Waals surface area contributed by atoms with Gasteiger partial charge in [-0.1, -0.05) is 11.6 Å². The summed E-state index contributed by atoms with van der Waals surface area (Å²) in [7, 11) is 0. The highest BCUT2D eigenvalue weighted by atomic mass is 14.9. The van der Waals surface area contributed by atoms with Crippen LogP contribution in [0.2, 0.25) is 0 Å². The molecular weight excluding hydrogens is 110 g/mol. The van der Waals surface area contributed by atoms with Gasteiger partial charge in [0, 0.05) is 11.4 Å². The normalized spacial score (nSPS) is 19.2. The third kappa shape index (κ3) is 1.35. The quantitative estimate of drug-likeness (QED) is 0.520. The maximum Gasteiger partial charge on any atom is 0.0109 e. The van der Waals surface area contributed by atoms with Gasteiger partial charge in [0.2, 0.25) is 0 Å². The molecule has 0 aromatic heterocycles. The molecule has 1 aliphatic rings. The second-order valence-electron chi connectivity index (χ2n) is 2.62. The summed E-state index contributed by atoms with van der Waals surface area (Å²) >= 11 is 0. The fraction of sp³-hybridized carbons (Fsp3) is 0.500. The predicted molar refractivity (Wildman–Crippen MR) is 39.9 cm³/mol. The predicted octanol–water partition coefficient (Wildman–Crippen LogP) is 2.18. The lowest BCUT2D eigenvalue weighted by Gasteiger charge is -2.15. The average molecular weight is 123 g/mol. The Kier molecular flexibility index (Phi) is 1.60. The maximum absolute atomic E-state index is 3.27. The van der Waals surface area contributed by atoms with Crippen molar-refractivity contribution in [1.29, 1.82) is 0 Å². The van der Waals surface area contributed by atoms with Crippen molar-refractivity contribution in [3.05, 3.63) is 23.0 Å². The van der Waals surface area contributed by atoms with E-state index in [0.717, 1.165) is 6.42 Å². The molecule has 1 N–H and O–H groups in total. The summed E-state index contributed by atoms with van der Waals surface area (Å²) in [5.74, 6) is 0. The highest BCUT2D eigenvalue weighted by Gasteiger charge is 2.00. The third-order valence-corrected chi connectivity index (χ3v) is 1.74. The van der Waals surface area contributed by atoms with E-state index in [9.17, 15) is 0 Å². The van der Waals surface area contributed by atoms with Crippen molar-refractivity contribution in [3.8, 4) is 0 Å². The summed E-state index contributed by atoms with van der Waals surface area (Å²) < 4.78 is 0. The Balaban J connectivity index is 2.70. The molecular formula is C8H13N. The molecule has 1 heterocycles. The molecule has 0 aliphatic carbocycles. The van der Waals surface area contributed by atoms with Gasteiger partial charge >= 0.3 is 0 Å². The standard InChI is InChI=1S/C8H13N/c1-6-4-5-7(2)9-8(6)3/h5,9H,4H2,1-3H3. The van der Waals surface area contributed by atoms with Crippen LogP contribution >= 0.6 is 0 Å². The van der Waals surface area contributed by atoms with E-state index in [0.29, 0.717) is 0 Å². The molecule has 0 saturated carbocycles. The summed E-state index contributed by atoms with van der Waals surface area (Å²) in [6, 6.07) is 0. The zero-order chi connectivity index (χ0) is 6.85. The average Bonchev–Trinajstić information content (AvgIpc) is 1.80. The van der Waals surface area contributed by atoms with E-state index in [1.165, 1.54) is 17.0 Å². The maximum atomic E-state index is 3.27. The lowest BCUT2D eigenvalue weighted by Crippen LogP contribution is -2.13. The molecule has 1 nitrogen and oxygen atoms in total. The van der Waals surface area contributed by atoms with Crippen molar-refractivity contribution < 1.29 is 0 Å². The summed E-state index contributed by atoms with van der Waals surface area (Å²) in [5.41, 5.74) is 4.04. The number of dihydropyridines is 1. The molecule has 0 aromatic rings. The molecule has 9 heavy (non-hydrogen) atoms. The van der Waals surface area contributed by atoms with Crippen LogP contribution < -0.4 is 5.32 Å². The van der Waals surface area contributed by atoms with E-state index in [1.807, 2.05) is 0 Å². The first-order chi connectivity index (χ1) is 4.20. The second-order valence-corrected chi connectivity index (χ2v) is 2.62. The molecule has 0 saturated heterocycles.